The van der Waals surface area contributed by atoms with E-state index in [0.717, 1.165) is 0 Å². The fraction of sp³-hybridized carbons (Fsp3) is 0.769. The summed E-state index contributed by atoms with van der Waals surface area (Å²) in [5, 5.41) is 11.5. The van der Waals surface area contributed by atoms with Crippen molar-refractivity contribution >= 4 is 11.6 Å². The highest BCUT2D eigenvalue weighted by atomic mass is 19.1. The Kier molecular flexibility index (Phi) is 5.18. The summed E-state index contributed by atoms with van der Waals surface area (Å²) < 4.78 is 50.9. The number of hydrogen-bond acceptors (Lipinski definition) is 6. The number of halogens is 2. The predicted octanol–water partition coefficient (Wildman–Crippen LogP) is 3.41. The summed E-state index contributed by atoms with van der Waals surface area (Å²) in [6.07, 6.45) is 0.229. The van der Waals surface area contributed by atoms with Crippen molar-refractivity contribution in [2.75, 3.05) is 13.2 Å². The van der Waals surface area contributed by atoms with Gasteiger partial charge in [-0.05, 0) is 70.6 Å². The first-order chi connectivity index (χ1) is 15.8. The van der Waals surface area contributed by atoms with Gasteiger partial charge in [-0.2, -0.15) is 0 Å². The number of ether oxygens (including phenoxy) is 3. The molecule has 0 aromatic heterocycles. The zero-order valence-electron chi connectivity index (χ0n) is 20.4. The van der Waals surface area contributed by atoms with Crippen LogP contribution in [0.5, 0.6) is 0 Å². The van der Waals surface area contributed by atoms with Crippen molar-refractivity contribution in [2.45, 2.75) is 89.3 Å². The minimum absolute atomic E-state index is 0.0555. The van der Waals surface area contributed by atoms with Crippen LogP contribution in [0.1, 0.15) is 53.9 Å². The van der Waals surface area contributed by atoms with Crippen LogP contribution in [-0.2, 0) is 23.8 Å². The highest BCUT2D eigenvalue weighted by Gasteiger charge is 2.80. The Hall–Kier alpha value is -1.48. The Labute approximate surface area is 198 Å². The third-order valence-corrected chi connectivity index (χ3v) is 9.47. The normalized spacial score (nSPS) is 50.8. The van der Waals surface area contributed by atoms with E-state index in [1.165, 1.54) is 18.2 Å². The lowest BCUT2D eigenvalue weighted by Gasteiger charge is -2.63. The van der Waals surface area contributed by atoms with E-state index in [-0.39, 0.29) is 36.6 Å². The molecule has 5 aliphatic rings. The molecule has 6 nitrogen and oxygen atoms in total. The van der Waals surface area contributed by atoms with Gasteiger partial charge in [-0.15, -0.1) is 0 Å². The molecule has 1 aliphatic heterocycles. The molecule has 8 heteroatoms. The van der Waals surface area contributed by atoms with E-state index in [1.54, 1.807) is 27.7 Å². The van der Waals surface area contributed by atoms with Crippen molar-refractivity contribution in [3.63, 3.8) is 0 Å². The van der Waals surface area contributed by atoms with Gasteiger partial charge in [0.1, 0.15) is 12.8 Å². The zero-order chi connectivity index (χ0) is 24.9. The first-order valence-corrected chi connectivity index (χ1v) is 12.2. The van der Waals surface area contributed by atoms with Crippen molar-refractivity contribution in [2.24, 2.45) is 22.7 Å². The lowest BCUT2D eigenvalue weighted by atomic mass is 9.44. The number of alkyl halides is 2. The number of aliphatic hydroxyl groups is 1. The van der Waals surface area contributed by atoms with Gasteiger partial charge in [0.05, 0.1) is 12.2 Å². The molecule has 188 valence electrons. The average Bonchev–Trinajstić information content (AvgIpc) is 3.16. The van der Waals surface area contributed by atoms with Gasteiger partial charge in [0.25, 0.3) is 0 Å². The molecule has 4 aliphatic carbocycles. The van der Waals surface area contributed by atoms with Crippen LogP contribution in [-0.4, -0.2) is 65.3 Å². The maximum atomic E-state index is 17.3. The molecule has 0 radical (unpaired) electrons. The van der Waals surface area contributed by atoms with E-state index >= 15 is 8.78 Å². The average molecular weight is 481 g/mol. The Morgan fingerprint density at radius 2 is 1.94 bits per heavy atom. The van der Waals surface area contributed by atoms with Crippen LogP contribution < -0.4 is 0 Å². The van der Waals surface area contributed by atoms with Gasteiger partial charge in [0, 0.05) is 23.4 Å². The molecule has 0 bridgehead atoms. The van der Waals surface area contributed by atoms with E-state index in [4.69, 9.17) is 14.2 Å². The molecule has 1 N–H and O–H groups in total. The maximum absolute atomic E-state index is 17.3. The van der Waals surface area contributed by atoms with Crippen LogP contribution in [0.4, 0.5) is 8.78 Å². The standard InChI is InChI=1S/C26H34F2O6/c1-6-32-13-20(31)26-21(33-22(2,3)34-26)11-15-16-10-18(27)17-9-14(29)7-8-23(17,4)25(16,28)19(30)12-24(15,26)5/h7-9,15-16,18-19,21,30H,6,10-13H2,1-5H3/t15-,16-,18-,19-,21+,23-,24-,25-,26+/m0/s1. The number of hydrogen-bond donors (Lipinski definition) is 1. The van der Waals surface area contributed by atoms with E-state index in [0.29, 0.717) is 13.0 Å². The fourth-order valence-electron chi connectivity index (χ4n) is 8.10. The Bertz CT molecular complexity index is 992. The molecular weight excluding hydrogens is 446 g/mol. The molecule has 0 aromatic rings. The van der Waals surface area contributed by atoms with Crippen LogP contribution in [0.2, 0.25) is 0 Å². The molecule has 0 spiro atoms. The molecule has 0 unspecified atom stereocenters. The molecular formula is C26H34F2O6. The number of aliphatic hydroxyl groups excluding tert-OH is 1. The first kappa shape index (κ1) is 24.2. The van der Waals surface area contributed by atoms with Crippen LogP contribution in [0, 0.1) is 22.7 Å². The number of Topliss-reactive ketones (excluding diaryl/α,β-unsaturated/α-hetero) is 1. The molecule has 34 heavy (non-hydrogen) atoms. The molecule has 3 saturated carbocycles. The van der Waals surface area contributed by atoms with E-state index in [2.05, 4.69) is 0 Å². The van der Waals surface area contributed by atoms with E-state index in [1.807, 2.05) is 6.92 Å². The van der Waals surface area contributed by atoms with Crippen LogP contribution in [0.15, 0.2) is 23.8 Å². The Balaban J connectivity index is 1.63. The van der Waals surface area contributed by atoms with Crippen LogP contribution in [0.25, 0.3) is 0 Å². The second-order valence-corrected chi connectivity index (χ2v) is 11.5. The summed E-state index contributed by atoms with van der Waals surface area (Å²) in [5.74, 6) is -3.09. The van der Waals surface area contributed by atoms with Crippen molar-refractivity contribution in [3.8, 4) is 0 Å². The zero-order valence-corrected chi connectivity index (χ0v) is 20.4. The summed E-state index contributed by atoms with van der Waals surface area (Å²) in [6.45, 7) is 8.83. The number of allylic oxidation sites excluding steroid dienone is 4. The van der Waals surface area contributed by atoms with Crippen molar-refractivity contribution in [3.05, 3.63) is 23.8 Å². The van der Waals surface area contributed by atoms with Crippen LogP contribution >= 0.6 is 0 Å². The van der Waals surface area contributed by atoms with Gasteiger partial charge in [0.15, 0.2) is 28.6 Å². The minimum Gasteiger partial charge on any atom is -0.390 e. The van der Waals surface area contributed by atoms with Crippen molar-refractivity contribution < 1.29 is 37.7 Å². The fourth-order valence-corrected chi connectivity index (χ4v) is 8.10. The monoisotopic (exact) mass is 480 g/mol. The summed E-state index contributed by atoms with van der Waals surface area (Å²) in [7, 11) is 0. The Morgan fingerprint density at radius 1 is 1.24 bits per heavy atom. The molecule has 1 heterocycles. The first-order valence-electron chi connectivity index (χ1n) is 12.2. The quantitative estimate of drug-likeness (QED) is 0.664. The number of rotatable bonds is 4. The summed E-state index contributed by atoms with van der Waals surface area (Å²) in [6, 6.07) is 0. The number of fused-ring (bicyclic) bond motifs is 7. The largest absolute Gasteiger partial charge is 0.390 e. The summed E-state index contributed by atoms with van der Waals surface area (Å²) in [5.41, 5.74) is -6.02. The highest BCUT2D eigenvalue weighted by Crippen LogP contribution is 2.72. The summed E-state index contributed by atoms with van der Waals surface area (Å²) in [4.78, 5) is 25.6. The highest BCUT2D eigenvalue weighted by molar-refractivity contribution is 6.01. The number of carbonyl (C=O) groups excluding carboxylic acids is 2. The lowest BCUT2D eigenvalue weighted by Crippen LogP contribution is -2.71. The van der Waals surface area contributed by atoms with Crippen LogP contribution in [0.3, 0.4) is 0 Å². The maximum Gasteiger partial charge on any atom is 0.193 e. The van der Waals surface area contributed by atoms with Crippen molar-refractivity contribution in [1.82, 2.24) is 0 Å². The lowest BCUT2D eigenvalue weighted by molar-refractivity contribution is -0.249. The number of carbonyl (C=O) groups is 2. The van der Waals surface area contributed by atoms with Gasteiger partial charge in [-0.3, -0.25) is 9.59 Å². The van der Waals surface area contributed by atoms with Gasteiger partial charge < -0.3 is 19.3 Å². The van der Waals surface area contributed by atoms with Gasteiger partial charge >= 0.3 is 0 Å². The topological polar surface area (TPSA) is 82.1 Å². The molecule has 1 saturated heterocycles. The molecule has 5 rings (SSSR count). The van der Waals surface area contributed by atoms with Gasteiger partial charge in [-0.1, -0.05) is 13.0 Å². The second kappa shape index (κ2) is 7.28. The smallest absolute Gasteiger partial charge is 0.193 e. The van der Waals surface area contributed by atoms with Gasteiger partial charge in [-0.25, -0.2) is 8.78 Å². The second-order valence-electron chi connectivity index (χ2n) is 11.5. The van der Waals surface area contributed by atoms with E-state index in [9.17, 15) is 14.7 Å². The SMILES string of the molecule is CCOCC(=O)[C@@]12OC(C)(C)O[C@@H]1C[C@H]1[C@@H]3C[C@H](F)C4=CC(=O)C=C[C@]4(C)[C@@]3(F)[C@@H](O)C[C@@]12C. The number of ketones is 2. The summed E-state index contributed by atoms with van der Waals surface area (Å²) >= 11 is 0. The minimum atomic E-state index is -2.21. The third-order valence-electron chi connectivity index (χ3n) is 9.47. The molecule has 4 fully saturated rings. The van der Waals surface area contributed by atoms with Crippen molar-refractivity contribution in [1.29, 1.82) is 0 Å². The Morgan fingerprint density at radius 3 is 2.62 bits per heavy atom. The van der Waals surface area contributed by atoms with E-state index < -0.39 is 58.1 Å². The third kappa shape index (κ3) is 2.74. The molecule has 0 aromatic carbocycles. The molecule has 0 amide bonds. The predicted molar refractivity (Wildman–Crippen MR) is 118 cm³/mol. The van der Waals surface area contributed by atoms with Gasteiger partial charge in [0.2, 0.25) is 0 Å². The molecule has 9 atom stereocenters.